The summed E-state index contributed by atoms with van der Waals surface area (Å²) in [6, 6.07) is 9.90. The molecule has 0 amide bonds. The molecule has 1 aromatic carbocycles. The Morgan fingerprint density at radius 1 is 1.00 bits per heavy atom. The molecule has 0 aliphatic carbocycles. The Morgan fingerprint density at radius 2 is 1.81 bits per heavy atom. The zero-order valence-corrected chi connectivity index (χ0v) is 32.1. The number of nitrogens with zero attached hydrogens (tertiary/aromatic N) is 6. The maximum atomic E-state index is 12.2. The van der Waals surface area contributed by atoms with Crippen LogP contribution < -0.4 is 30.1 Å². The summed E-state index contributed by atoms with van der Waals surface area (Å²) in [7, 11) is 0. The van der Waals surface area contributed by atoms with E-state index in [9.17, 15) is 9.59 Å². The molecular weight excluding hydrogens is 677 g/mol. The van der Waals surface area contributed by atoms with Crippen molar-refractivity contribution in [3.8, 4) is 5.88 Å². The van der Waals surface area contributed by atoms with Gasteiger partial charge >= 0.3 is 0 Å². The Balaban J connectivity index is 0.878. The van der Waals surface area contributed by atoms with E-state index in [-0.39, 0.29) is 5.78 Å². The summed E-state index contributed by atoms with van der Waals surface area (Å²) in [6.07, 6.45) is 12.7. The SMILES string of the molecule is C=C(/C=C1/CN(c2cnc3c(c2C)NCCO3)CC/C1=C/C)Nc1ccc(N2CCC(CN3CCN(c4ccc(C(=O)CC)c(C=O)c4)CC3)CC2)nc1. The van der Waals surface area contributed by atoms with Gasteiger partial charge < -0.3 is 30.1 Å². The van der Waals surface area contributed by atoms with E-state index in [2.05, 4.69) is 79.9 Å². The maximum absolute atomic E-state index is 12.2. The van der Waals surface area contributed by atoms with Crippen LogP contribution in [0.15, 0.2) is 78.3 Å². The van der Waals surface area contributed by atoms with Gasteiger partial charge in [-0.1, -0.05) is 19.6 Å². The highest BCUT2D eigenvalue weighted by Crippen LogP contribution is 2.37. The topological polar surface area (TPSA) is 106 Å². The molecule has 11 heteroatoms. The number of aldehydes is 1. The molecule has 284 valence electrons. The van der Waals surface area contributed by atoms with Crippen molar-refractivity contribution in [3.05, 3.63) is 95.0 Å². The Bertz CT molecular complexity index is 1910. The zero-order valence-electron chi connectivity index (χ0n) is 32.1. The van der Waals surface area contributed by atoms with Gasteiger partial charge in [0.25, 0.3) is 0 Å². The summed E-state index contributed by atoms with van der Waals surface area (Å²) in [5, 5.41) is 6.94. The minimum Gasteiger partial charge on any atom is -0.474 e. The number of pyridine rings is 2. The number of ether oxygens (including phenoxy) is 1. The van der Waals surface area contributed by atoms with Crippen molar-refractivity contribution in [2.24, 2.45) is 5.92 Å². The number of piperidine rings is 2. The van der Waals surface area contributed by atoms with Crippen LogP contribution in [0.2, 0.25) is 0 Å². The number of nitrogens with one attached hydrogen (secondary N) is 2. The lowest BCUT2D eigenvalue weighted by Crippen LogP contribution is -2.49. The van der Waals surface area contributed by atoms with E-state index in [1.165, 1.54) is 16.7 Å². The average Bonchev–Trinajstić information content (AvgIpc) is 3.21. The summed E-state index contributed by atoms with van der Waals surface area (Å²) < 4.78 is 5.75. The number of carbonyl (C=O) groups is 2. The van der Waals surface area contributed by atoms with E-state index in [4.69, 9.17) is 9.72 Å². The van der Waals surface area contributed by atoms with Crippen molar-refractivity contribution in [1.29, 1.82) is 0 Å². The number of fused-ring (bicyclic) bond motifs is 1. The first kappa shape index (κ1) is 37.2. The quantitative estimate of drug-likeness (QED) is 0.162. The number of anilines is 5. The second kappa shape index (κ2) is 16.9. The molecule has 3 fully saturated rings. The summed E-state index contributed by atoms with van der Waals surface area (Å²) in [5.41, 5.74) is 9.71. The van der Waals surface area contributed by atoms with E-state index in [1.54, 1.807) is 0 Å². The number of benzene rings is 1. The van der Waals surface area contributed by atoms with Gasteiger partial charge in [-0.3, -0.25) is 14.5 Å². The van der Waals surface area contributed by atoms with Gasteiger partial charge in [-0.05, 0) is 86.6 Å². The van der Waals surface area contributed by atoms with Crippen molar-refractivity contribution in [1.82, 2.24) is 14.9 Å². The van der Waals surface area contributed by atoms with Gasteiger partial charge in [-0.25, -0.2) is 9.97 Å². The third-order valence-corrected chi connectivity index (χ3v) is 11.4. The van der Waals surface area contributed by atoms with Gasteiger partial charge in [0.2, 0.25) is 5.88 Å². The molecule has 0 atom stereocenters. The number of carbonyl (C=O) groups excluding carboxylic acids is 2. The molecule has 11 nitrogen and oxygen atoms in total. The number of hydrogen-bond donors (Lipinski definition) is 2. The van der Waals surface area contributed by atoms with Crippen LogP contribution >= 0.6 is 0 Å². The van der Waals surface area contributed by atoms with Gasteiger partial charge in [0.05, 0.1) is 23.8 Å². The third kappa shape index (κ3) is 8.31. The van der Waals surface area contributed by atoms with Gasteiger partial charge in [-0.2, -0.15) is 0 Å². The molecule has 4 aliphatic rings. The van der Waals surface area contributed by atoms with Gasteiger partial charge in [0.15, 0.2) is 12.1 Å². The van der Waals surface area contributed by atoms with Crippen molar-refractivity contribution >= 4 is 40.6 Å². The number of rotatable bonds is 11. The summed E-state index contributed by atoms with van der Waals surface area (Å²) in [5.74, 6) is 2.39. The summed E-state index contributed by atoms with van der Waals surface area (Å²) >= 11 is 0. The molecule has 4 aliphatic heterocycles. The maximum Gasteiger partial charge on any atom is 0.237 e. The Labute approximate surface area is 319 Å². The minimum absolute atomic E-state index is 0.00937. The number of hydrogen-bond acceptors (Lipinski definition) is 11. The summed E-state index contributed by atoms with van der Waals surface area (Å²) in [6.45, 7) is 20.5. The lowest BCUT2D eigenvalue weighted by molar-refractivity contribution is 0.0981. The fraction of sp³-hybridized carbons (Fsp3) is 0.442. The molecule has 0 unspecified atom stereocenters. The molecule has 6 heterocycles. The predicted molar refractivity (Wildman–Crippen MR) is 219 cm³/mol. The molecule has 3 aromatic rings. The first-order chi connectivity index (χ1) is 26.3. The van der Waals surface area contributed by atoms with Crippen molar-refractivity contribution in [3.63, 3.8) is 0 Å². The highest BCUT2D eigenvalue weighted by atomic mass is 16.5. The van der Waals surface area contributed by atoms with E-state index < -0.39 is 0 Å². The second-order valence-corrected chi connectivity index (χ2v) is 14.8. The standard InChI is InChI=1S/C43H54N8O3/c1-5-33-13-17-51(39-26-46-43-42(31(39)4)44-14-22-54-43)28-34(33)23-30(3)47-36-7-10-41(45-25-36)50-15-11-32(12-16-50)27-48-18-20-49(21-19-48)37-8-9-38(40(53)6-2)35(24-37)29-52/h5,7-10,23-26,29,32,44,47H,3,6,11-22,27-28H2,1-2,4H3/b33-5-,34-23-. The van der Waals surface area contributed by atoms with Crippen LogP contribution in [0.25, 0.3) is 0 Å². The third-order valence-electron chi connectivity index (χ3n) is 11.4. The van der Waals surface area contributed by atoms with E-state index >= 15 is 0 Å². The Hall–Kier alpha value is -5.16. The van der Waals surface area contributed by atoms with E-state index in [0.29, 0.717) is 36.0 Å². The molecule has 7 rings (SSSR count). The smallest absolute Gasteiger partial charge is 0.237 e. The van der Waals surface area contributed by atoms with Crippen molar-refractivity contribution in [2.75, 3.05) is 97.4 Å². The molecular formula is C43H54N8O3. The minimum atomic E-state index is 0.00937. The molecule has 2 aromatic heterocycles. The first-order valence-corrected chi connectivity index (χ1v) is 19.6. The molecule has 3 saturated heterocycles. The Kier molecular flexibility index (Phi) is 11.6. The fourth-order valence-corrected chi connectivity index (χ4v) is 8.27. The second-order valence-electron chi connectivity index (χ2n) is 14.8. The van der Waals surface area contributed by atoms with E-state index in [0.717, 1.165) is 125 Å². The number of Topliss-reactive ketones (excluding diaryl/α,β-unsaturated/α-hetero) is 1. The van der Waals surface area contributed by atoms with Crippen LogP contribution in [0.5, 0.6) is 5.88 Å². The largest absolute Gasteiger partial charge is 0.474 e. The lowest BCUT2D eigenvalue weighted by atomic mass is 9.95. The number of piperazine rings is 1. The van der Waals surface area contributed by atoms with Gasteiger partial charge in [0, 0.05) is 99.9 Å². The molecule has 0 bridgehead atoms. The average molecular weight is 731 g/mol. The van der Waals surface area contributed by atoms with Crippen LogP contribution in [-0.4, -0.2) is 99.0 Å². The van der Waals surface area contributed by atoms with Crippen LogP contribution in [0, 0.1) is 12.8 Å². The van der Waals surface area contributed by atoms with Crippen LogP contribution in [-0.2, 0) is 0 Å². The van der Waals surface area contributed by atoms with Crippen LogP contribution in [0.3, 0.4) is 0 Å². The van der Waals surface area contributed by atoms with Gasteiger partial charge in [-0.15, -0.1) is 0 Å². The van der Waals surface area contributed by atoms with Crippen LogP contribution in [0.1, 0.15) is 65.8 Å². The first-order valence-electron chi connectivity index (χ1n) is 19.6. The molecule has 54 heavy (non-hydrogen) atoms. The monoisotopic (exact) mass is 730 g/mol. The van der Waals surface area contributed by atoms with Gasteiger partial charge in [0.1, 0.15) is 18.1 Å². The van der Waals surface area contributed by atoms with Crippen molar-refractivity contribution < 1.29 is 14.3 Å². The highest BCUT2D eigenvalue weighted by Gasteiger charge is 2.26. The highest BCUT2D eigenvalue weighted by molar-refractivity contribution is 6.03. The summed E-state index contributed by atoms with van der Waals surface area (Å²) in [4.78, 5) is 43.0. The zero-order chi connectivity index (χ0) is 37.6. The molecule has 0 saturated carbocycles. The van der Waals surface area contributed by atoms with Crippen LogP contribution in [0.4, 0.5) is 28.6 Å². The Morgan fingerprint density at radius 3 is 2.54 bits per heavy atom. The van der Waals surface area contributed by atoms with E-state index in [1.807, 2.05) is 37.5 Å². The molecule has 0 spiro atoms. The number of allylic oxidation sites excluding steroid dienone is 2. The molecule has 2 N–H and O–H groups in total. The number of aromatic nitrogens is 2. The fourth-order valence-electron chi connectivity index (χ4n) is 8.27. The predicted octanol–water partition coefficient (Wildman–Crippen LogP) is 6.74. The normalized spacial score (nSPS) is 19.6. The molecule has 0 radical (unpaired) electrons. The van der Waals surface area contributed by atoms with Crippen molar-refractivity contribution in [2.45, 2.75) is 46.5 Å². The lowest BCUT2D eigenvalue weighted by Gasteiger charge is -2.40. The number of ketones is 1.